The lowest BCUT2D eigenvalue weighted by Gasteiger charge is -2.31. The molecule has 2 aromatic heterocycles. The van der Waals surface area contributed by atoms with Crippen LogP contribution in [0.4, 0.5) is 0 Å². The molecule has 4 aromatic rings. The Bertz CT molecular complexity index is 1750. The van der Waals surface area contributed by atoms with Gasteiger partial charge in [-0.1, -0.05) is 75.3 Å². The van der Waals surface area contributed by atoms with Gasteiger partial charge < -0.3 is 19.2 Å². The number of carbonyl (C=O) groups excluding carboxylic acids is 1. The zero-order valence-electron chi connectivity index (χ0n) is 23.0. The highest BCUT2D eigenvalue weighted by Gasteiger charge is 2.45. The fraction of sp³-hybridized carbons (Fsp3) is 0.312. The van der Waals surface area contributed by atoms with Gasteiger partial charge in [-0.2, -0.15) is 0 Å². The Hall–Kier alpha value is -4.30. The SMILES string of the molecule is CC[C@@]1(O)C(=O)OCc2c1cc1n(c2=O)Cc2c-1nc1ccccc1c2/C=N/OCc1ccc(C(C)(C)C)cc1. The van der Waals surface area contributed by atoms with E-state index < -0.39 is 11.6 Å². The maximum Gasteiger partial charge on any atom is 0.343 e. The number of aromatic nitrogens is 2. The largest absolute Gasteiger partial charge is 0.458 e. The Balaban J connectivity index is 1.38. The van der Waals surface area contributed by atoms with E-state index in [9.17, 15) is 14.7 Å². The first kappa shape index (κ1) is 26.0. The van der Waals surface area contributed by atoms with Crippen molar-refractivity contribution in [2.45, 2.75) is 64.9 Å². The van der Waals surface area contributed by atoms with E-state index in [0.717, 1.165) is 27.6 Å². The smallest absolute Gasteiger partial charge is 0.343 e. The molecule has 6 rings (SSSR count). The van der Waals surface area contributed by atoms with E-state index in [-0.39, 0.29) is 30.5 Å². The molecule has 0 aliphatic carbocycles. The lowest BCUT2D eigenvalue weighted by Crippen LogP contribution is -2.44. The number of para-hydroxylation sites is 1. The van der Waals surface area contributed by atoms with E-state index in [0.29, 0.717) is 29.1 Å². The molecular formula is C32H31N3O5. The first-order valence-corrected chi connectivity index (χ1v) is 13.5. The molecule has 1 N–H and O–H groups in total. The second-order valence-corrected chi connectivity index (χ2v) is 11.4. The summed E-state index contributed by atoms with van der Waals surface area (Å²) in [6.07, 6.45) is 1.77. The summed E-state index contributed by atoms with van der Waals surface area (Å²) in [6.45, 7) is 8.66. The summed E-state index contributed by atoms with van der Waals surface area (Å²) in [6, 6.07) is 17.7. The van der Waals surface area contributed by atoms with Gasteiger partial charge in [-0.05, 0) is 35.1 Å². The third kappa shape index (κ3) is 4.10. The van der Waals surface area contributed by atoms with Crippen LogP contribution in [0.15, 0.2) is 64.5 Å². The van der Waals surface area contributed by atoms with Crippen molar-refractivity contribution < 1.29 is 19.5 Å². The summed E-state index contributed by atoms with van der Waals surface area (Å²) in [5.41, 5.74) is 4.31. The molecule has 0 spiro atoms. The normalized spacial score (nSPS) is 18.0. The van der Waals surface area contributed by atoms with Crippen molar-refractivity contribution in [2.75, 3.05) is 0 Å². The molecular weight excluding hydrogens is 506 g/mol. The summed E-state index contributed by atoms with van der Waals surface area (Å²) in [4.78, 5) is 36.6. The third-order valence-electron chi connectivity index (χ3n) is 7.95. The van der Waals surface area contributed by atoms with Gasteiger partial charge in [0.05, 0.1) is 35.2 Å². The fourth-order valence-corrected chi connectivity index (χ4v) is 5.51. The maximum atomic E-state index is 13.6. The van der Waals surface area contributed by atoms with Crippen molar-refractivity contribution in [1.82, 2.24) is 9.55 Å². The molecule has 4 heterocycles. The van der Waals surface area contributed by atoms with E-state index in [2.05, 4.69) is 38.1 Å². The zero-order chi connectivity index (χ0) is 28.2. The van der Waals surface area contributed by atoms with Crippen molar-refractivity contribution in [2.24, 2.45) is 5.16 Å². The van der Waals surface area contributed by atoms with Gasteiger partial charge in [0.2, 0.25) is 0 Å². The quantitative estimate of drug-likeness (QED) is 0.194. The second kappa shape index (κ2) is 9.41. The Labute approximate surface area is 231 Å². The number of nitrogens with zero attached hydrogens (tertiary/aromatic N) is 3. The minimum absolute atomic E-state index is 0.0803. The summed E-state index contributed by atoms with van der Waals surface area (Å²) in [5, 5.41) is 16.3. The van der Waals surface area contributed by atoms with Crippen LogP contribution in [-0.4, -0.2) is 26.8 Å². The number of hydrogen-bond donors (Lipinski definition) is 1. The van der Waals surface area contributed by atoms with Crippen LogP contribution in [0.3, 0.4) is 0 Å². The Morgan fingerprint density at radius 3 is 2.60 bits per heavy atom. The fourth-order valence-electron chi connectivity index (χ4n) is 5.51. The van der Waals surface area contributed by atoms with Crippen LogP contribution in [0.5, 0.6) is 0 Å². The maximum absolute atomic E-state index is 13.6. The van der Waals surface area contributed by atoms with E-state index in [1.54, 1.807) is 23.8 Å². The van der Waals surface area contributed by atoms with Gasteiger partial charge in [0.25, 0.3) is 5.56 Å². The van der Waals surface area contributed by atoms with Gasteiger partial charge in [-0.25, -0.2) is 9.78 Å². The number of ether oxygens (including phenoxy) is 1. The van der Waals surface area contributed by atoms with Crippen molar-refractivity contribution in [3.8, 4) is 11.4 Å². The number of carbonyl (C=O) groups is 1. The molecule has 0 fully saturated rings. The number of fused-ring (bicyclic) bond motifs is 5. The molecule has 2 aromatic carbocycles. The number of hydrogen-bond acceptors (Lipinski definition) is 7. The molecule has 0 saturated carbocycles. The molecule has 8 heteroatoms. The highest BCUT2D eigenvalue weighted by Crippen LogP contribution is 2.39. The van der Waals surface area contributed by atoms with E-state index >= 15 is 0 Å². The monoisotopic (exact) mass is 537 g/mol. The van der Waals surface area contributed by atoms with Gasteiger partial charge in [-0.3, -0.25) is 4.79 Å². The number of benzene rings is 2. The Morgan fingerprint density at radius 2 is 1.88 bits per heavy atom. The molecule has 8 nitrogen and oxygen atoms in total. The minimum Gasteiger partial charge on any atom is -0.458 e. The van der Waals surface area contributed by atoms with Crippen LogP contribution in [0.1, 0.15) is 67.5 Å². The first-order chi connectivity index (χ1) is 19.1. The molecule has 0 amide bonds. The standard InChI is InChI=1S/C32H31N3O5/c1-5-32(38)25-14-27-28-23(16-35(27)29(36)24(25)18-39-30(32)37)22(21-8-6-7-9-26(21)34-28)15-33-40-17-19-10-12-20(13-11-19)31(2,3)4/h6-15,38H,5,16-18H2,1-4H3/b33-15+/t32-/m0/s1. The number of cyclic esters (lactones) is 1. The molecule has 2 aliphatic rings. The Kier molecular flexibility index (Phi) is 6.11. The highest BCUT2D eigenvalue weighted by molar-refractivity contribution is 6.02. The molecule has 204 valence electrons. The number of aliphatic hydroxyl groups is 1. The van der Waals surface area contributed by atoms with Crippen LogP contribution >= 0.6 is 0 Å². The topological polar surface area (TPSA) is 103 Å². The number of rotatable bonds is 5. The summed E-state index contributed by atoms with van der Waals surface area (Å²) in [7, 11) is 0. The summed E-state index contributed by atoms with van der Waals surface area (Å²) in [5.74, 6) is -0.741. The average molecular weight is 538 g/mol. The van der Waals surface area contributed by atoms with Crippen LogP contribution in [0.25, 0.3) is 22.3 Å². The molecule has 2 aliphatic heterocycles. The second-order valence-electron chi connectivity index (χ2n) is 11.4. The zero-order valence-corrected chi connectivity index (χ0v) is 23.0. The van der Waals surface area contributed by atoms with E-state index in [1.807, 2.05) is 36.4 Å². The molecule has 0 saturated heterocycles. The molecule has 0 radical (unpaired) electrons. The average Bonchev–Trinajstić information content (AvgIpc) is 3.31. The van der Waals surface area contributed by atoms with Gasteiger partial charge in [0.15, 0.2) is 5.60 Å². The minimum atomic E-state index is -1.87. The van der Waals surface area contributed by atoms with E-state index in [4.69, 9.17) is 14.6 Å². The molecule has 1 atom stereocenters. The highest BCUT2D eigenvalue weighted by atomic mass is 16.6. The Morgan fingerprint density at radius 1 is 1.12 bits per heavy atom. The van der Waals surface area contributed by atoms with Gasteiger partial charge in [-0.15, -0.1) is 0 Å². The van der Waals surface area contributed by atoms with Crippen molar-refractivity contribution >= 4 is 23.1 Å². The van der Waals surface area contributed by atoms with Crippen molar-refractivity contribution in [3.05, 3.63) is 98.3 Å². The van der Waals surface area contributed by atoms with Gasteiger partial charge >= 0.3 is 5.97 Å². The predicted molar refractivity (Wildman–Crippen MR) is 152 cm³/mol. The predicted octanol–water partition coefficient (Wildman–Crippen LogP) is 4.93. The van der Waals surface area contributed by atoms with Crippen molar-refractivity contribution in [3.63, 3.8) is 0 Å². The van der Waals surface area contributed by atoms with Crippen LogP contribution in [0.2, 0.25) is 0 Å². The van der Waals surface area contributed by atoms with Crippen molar-refractivity contribution in [1.29, 1.82) is 0 Å². The summed E-state index contributed by atoms with van der Waals surface area (Å²) >= 11 is 0. The molecule has 0 unspecified atom stereocenters. The lowest BCUT2D eigenvalue weighted by molar-refractivity contribution is -0.172. The number of esters is 1. The molecule has 0 bridgehead atoms. The first-order valence-electron chi connectivity index (χ1n) is 13.5. The summed E-state index contributed by atoms with van der Waals surface area (Å²) < 4.78 is 6.81. The third-order valence-corrected chi connectivity index (χ3v) is 7.95. The number of oxime groups is 1. The van der Waals surface area contributed by atoms with Crippen LogP contribution in [-0.2, 0) is 45.1 Å². The number of pyridine rings is 2. The van der Waals surface area contributed by atoms with Gasteiger partial charge in [0, 0.05) is 22.1 Å². The van der Waals surface area contributed by atoms with Gasteiger partial charge in [0.1, 0.15) is 13.2 Å². The van der Waals surface area contributed by atoms with Crippen LogP contribution < -0.4 is 5.56 Å². The molecule has 40 heavy (non-hydrogen) atoms. The lowest BCUT2D eigenvalue weighted by atomic mass is 9.86. The van der Waals surface area contributed by atoms with E-state index in [1.165, 1.54) is 5.56 Å². The van der Waals surface area contributed by atoms with Crippen LogP contribution in [0, 0.1) is 0 Å².